The molecule has 1 unspecified atom stereocenters. The number of carbonyl (C=O) groups excluding carboxylic acids is 1. The van der Waals surface area contributed by atoms with Crippen LogP contribution in [0.5, 0.6) is 5.75 Å². The Kier molecular flexibility index (Phi) is 4.87. The molecule has 0 aliphatic carbocycles. The first-order chi connectivity index (χ1) is 11.2. The van der Waals surface area contributed by atoms with Crippen LogP contribution in [0.15, 0.2) is 24.3 Å². The van der Waals surface area contributed by atoms with Gasteiger partial charge in [0.15, 0.2) is 0 Å². The van der Waals surface area contributed by atoms with Crippen LogP contribution in [-0.2, 0) is 11.2 Å². The number of aliphatic hydroxyl groups excluding tert-OH is 1. The van der Waals surface area contributed by atoms with E-state index < -0.39 is 0 Å². The zero-order valence-corrected chi connectivity index (χ0v) is 13.6. The molecule has 0 radical (unpaired) electrons. The third-order valence-corrected chi connectivity index (χ3v) is 5.30. The molecule has 2 saturated heterocycles. The molecule has 2 aliphatic rings. The Balaban J connectivity index is 1.69. The highest BCUT2D eigenvalue weighted by atomic mass is 16.3. The molecule has 0 aromatic heterocycles. The first-order valence-electron chi connectivity index (χ1n) is 8.59. The van der Waals surface area contributed by atoms with Gasteiger partial charge in [-0.3, -0.25) is 9.69 Å². The third-order valence-electron chi connectivity index (χ3n) is 5.30. The maximum atomic E-state index is 12.9. The first-order valence-corrected chi connectivity index (χ1v) is 8.59. The van der Waals surface area contributed by atoms with E-state index >= 15 is 0 Å². The van der Waals surface area contributed by atoms with Crippen LogP contribution in [-0.4, -0.2) is 64.2 Å². The minimum absolute atomic E-state index is 0.0370. The normalized spacial score (nSPS) is 25.4. The van der Waals surface area contributed by atoms with Crippen LogP contribution in [0.25, 0.3) is 0 Å². The van der Waals surface area contributed by atoms with E-state index in [1.807, 2.05) is 17.0 Å². The summed E-state index contributed by atoms with van der Waals surface area (Å²) in [7, 11) is 0. The zero-order valence-electron chi connectivity index (χ0n) is 13.6. The van der Waals surface area contributed by atoms with Crippen LogP contribution in [0.1, 0.15) is 31.2 Å². The Bertz CT molecular complexity index is 544. The lowest BCUT2D eigenvalue weighted by Gasteiger charge is -2.44. The van der Waals surface area contributed by atoms with Gasteiger partial charge < -0.3 is 15.1 Å². The van der Waals surface area contributed by atoms with Gasteiger partial charge in [0.1, 0.15) is 11.3 Å². The number of aromatic hydroxyl groups is 1. The minimum atomic E-state index is -0.343. The summed E-state index contributed by atoms with van der Waals surface area (Å²) in [5.74, 6) is 0.495. The second-order valence-electron chi connectivity index (χ2n) is 6.66. The predicted molar refractivity (Wildman–Crippen MR) is 88.2 cm³/mol. The average molecular weight is 318 g/mol. The molecule has 1 aromatic carbocycles. The molecule has 5 heteroatoms. The molecule has 2 heterocycles. The Morgan fingerprint density at radius 1 is 1.04 bits per heavy atom. The molecule has 2 aliphatic heterocycles. The van der Waals surface area contributed by atoms with Crippen LogP contribution in [0.3, 0.4) is 0 Å². The number of likely N-dealkylation sites (tertiary alicyclic amines) is 2. The van der Waals surface area contributed by atoms with Crippen molar-refractivity contribution in [2.75, 3.05) is 32.8 Å². The van der Waals surface area contributed by atoms with Crippen molar-refractivity contribution in [3.05, 3.63) is 29.8 Å². The average Bonchev–Trinajstić information content (AvgIpc) is 2.95. The highest BCUT2D eigenvalue weighted by molar-refractivity contribution is 5.87. The molecule has 1 atom stereocenters. The number of benzene rings is 1. The molecule has 1 amide bonds. The molecule has 1 spiro atoms. The number of β-amino-alcohol motifs (C(OH)–C–C–N with tert-alkyl or cyclic N) is 1. The van der Waals surface area contributed by atoms with Gasteiger partial charge >= 0.3 is 0 Å². The van der Waals surface area contributed by atoms with E-state index in [9.17, 15) is 15.0 Å². The van der Waals surface area contributed by atoms with Gasteiger partial charge in [0.2, 0.25) is 5.91 Å². The van der Waals surface area contributed by atoms with Gasteiger partial charge in [-0.05, 0) is 56.3 Å². The summed E-state index contributed by atoms with van der Waals surface area (Å²) in [4.78, 5) is 17.1. The molecular formula is C18H26N2O3. The summed E-state index contributed by atoms with van der Waals surface area (Å²) in [6.07, 6.45) is 4.83. The van der Waals surface area contributed by atoms with E-state index in [0.717, 1.165) is 51.7 Å². The molecule has 0 bridgehead atoms. The Hall–Kier alpha value is -1.59. The van der Waals surface area contributed by atoms with E-state index in [4.69, 9.17) is 0 Å². The zero-order chi connectivity index (χ0) is 16.3. The molecule has 0 saturated carbocycles. The second kappa shape index (κ2) is 6.89. The van der Waals surface area contributed by atoms with E-state index in [0.29, 0.717) is 6.54 Å². The summed E-state index contributed by atoms with van der Waals surface area (Å²) in [5.41, 5.74) is 0.838. The van der Waals surface area contributed by atoms with Crippen LogP contribution in [0.4, 0.5) is 0 Å². The van der Waals surface area contributed by atoms with Gasteiger partial charge in [0.05, 0.1) is 6.61 Å². The van der Waals surface area contributed by atoms with Crippen molar-refractivity contribution in [2.24, 2.45) is 0 Å². The van der Waals surface area contributed by atoms with Gasteiger partial charge in [0.25, 0.3) is 0 Å². The highest BCUT2D eigenvalue weighted by Gasteiger charge is 2.50. The smallest absolute Gasteiger partial charge is 0.243 e. The van der Waals surface area contributed by atoms with Crippen LogP contribution < -0.4 is 0 Å². The predicted octanol–water partition coefficient (Wildman–Crippen LogP) is 1.38. The van der Waals surface area contributed by atoms with Gasteiger partial charge in [-0.2, -0.15) is 0 Å². The molecule has 2 N–H and O–H groups in total. The van der Waals surface area contributed by atoms with Crippen LogP contribution in [0.2, 0.25) is 0 Å². The maximum absolute atomic E-state index is 12.9. The molecule has 23 heavy (non-hydrogen) atoms. The molecule has 3 rings (SSSR count). The van der Waals surface area contributed by atoms with E-state index in [-0.39, 0.29) is 23.8 Å². The SMILES string of the molecule is O=C1N(CCO)CCCC12CCCN2CCc1ccc(O)cc1. The van der Waals surface area contributed by atoms with E-state index in [2.05, 4.69) is 4.90 Å². The van der Waals surface area contributed by atoms with Crippen molar-refractivity contribution in [1.29, 1.82) is 0 Å². The fourth-order valence-corrected chi connectivity index (χ4v) is 4.11. The number of rotatable bonds is 5. The standard InChI is InChI=1S/C18H26N2O3/c21-14-13-19-10-1-8-18(17(19)23)9-2-11-20(18)12-7-15-3-5-16(22)6-4-15/h3-6,21-22H,1-2,7-14H2. The van der Waals surface area contributed by atoms with Crippen molar-refractivity contribution in [3.63, 3.8) is 0 Å². The fraction of sp³-hybridized carbons (Fsp3) is 0.611. The van der Waals surface area contributed by atoms with Crippen molar-refractivity contribution in [1.82, 2.24) is 9.80 Å². The molecule has 126 valence electrons. The van der Waals surface area contributed by atoms with Gasteiger partial charge in [0, 0.05) is 19.6 Å². The van der Waals surface area contributed by atoms with Crippen LogP contribution >= 0.6 is 0 Å². The Morgan fingerprint density at radius 2 is 1.74 bits per heavy atom. The summed E-state index contributed by atoms with van der Waals surface area (Å²) in [6.45, 7) is 3.09. The van der Waals surface area contributed by atoms with E-state index in [1.54, 1.807) is 12.1 Å². The molecule has 1 aromatic rings. The van der Waals surface area contributed by atoms with E-state index in [1.165, 1.54) is 5.56 Å². The lowest BCUT2D eigenvalue weighted by molar-refractivity contribution is -0.147. The fourth-order valence-electron chi connectivity index (χ4n) is 4.11. The number of phenolic OH excluding ortho intramolecular Hbond substituents is 1. The summed E-state index contributed by atoms with van der Waals surface area (Å²) < 4.78 is 0. The number of phenols is 1. The van der Waals surface area contributed by atoms with Crippen molar-refractivity contribution < 1.29 is 15.0 Å². The van der Waals surface area contributed by atoms with Crippen LogP contribution in [0, 0.1) is 0 Å². The number of piperidine rings is 1. The minimum Gasteiger partial charge on any atom is -0.508 e. The molecule has 2 fully saturated rings. The third kappa shape index (κ3) is 3.21. The largest absolute Gasteiger partial charge is 0.508 e. The van der Waals surface area contributed by atoms with Crippen molar-refractivity contribution in [2.45, 2.75) is 37.6 Å². The van der Waals surface area contributed by atoms with Gasteiger partial charge in [-0.25, -0.2) is 0 Å². The Labute approximate surface area is 137 Å². The van der Waals surface area contributed by atoms with Crippen molar-refractivity contribution >= 4 is 5.91 Å². The number of nitrogens with zero attached hydrogens (tertiary/aromatic N) is 2. The lowest BCUT2D eigenvalue weighted by Crippen LogP contribution is -2.60. The molecule has 5 nitrogen and oxygen atoms in total. The maximum Gasteiger partial charge on any atom is 0.243 e. The van der Waals surface area contributed by atoms with Gasteiger partial charge in [-0.15, -0.1) is 0 Å². The summed E-state index contributed by atoms with van der Waals surface area (Å²) in [5, 5.41) is 18.5. The number of hydrogen-bond acceptors (Lipinski definition) is 4. The first kappa shape index (κ1) is 16.3. The summed E-state index contributed by atoms with van der Waals surface area (Å²) in [6, 6.07) is 7.31. The quantitative estimate of drug-likeness (QED) is 0.861. The molecular weight excluding hydrogens is 292 g/mol. The summed E-state index contributed by atoms with van der Waals surface area (Å²) >= 11 is 0. The van der Waals surface area contributed by atoms with Crippen molar-refractivity contribution in [3.8, 4) is 5.75 Å². The topological polar surface area (TPSA) is 64.0 Å². The number of carbonyl (C=O) groups is 1. The number of aliphatic hydroxyl groups is 1. The Morgan fingerprint density at radius 3 is 2.43 bits per heavy atom. The number of amides is 1. The lowest BCUT2D eigenvalue weighted by atomic mass is 9.85. The van der Waals surface area contributed by atoms with Gasteiger partial charge in [-0.1, -0.05) is 12.1 Å². The number of hydrogen-bond donors (Lipinski definition) is 2. The second-order valence-corrected chi connectivity index (χ2v) is 6.66. The monoisotopic (exact) mass is 318 g/mol. The highest BCUT2D eigenvalue weighted by Crippen LogP contribution is 2.38.